The standard InChI is InChI=1S/C22H24N4O2/c1-3-26(4-2)21(27)15-23-22(28)17-12-9-16(10-13-17)11-14-20-18-7-5-6-8-19(18)24-25-20/h5-14H,3-4,15H2,1-2H3,(H,23,28)(H,24,25). The van der Waals surface area contributed by atoms with Gasteiger partial charge in [0, 0.05) is 24.0 Å². The number of aromatic nitrogens is 2. The molecule has 1 aromatic heterocycles. The molecule has 0 unspecified atom stereocenters. The second-order valence-corrected chi connectivity index (χ2v) is 6.36. The largest absolute Gasteiger partial charge is 0.343 e. The van der Waals surface area contributed by atoms with Crippen molar-refractivity contribution in [3.63, 3.8) is 0 Å². The molecule has 0 atom stereocenters. The lowest BCUT2D eigenvalue weighted by atomic mass is 10.1. The Kier molecular flexibility index (Phi) is 6.22. The summed E-state index contributed by atoms with van der Waals surface area (Å²) in [5, 5.41) is 11.1. The quantitative estimate of drug-likeness (QED) is 0.664. The Morgan fingerprint density at radius 3 is 2.46 bits per heavy atom. The average Bonchev–Trinajstić information content (AvgIpc) is 3.15. The molecule has 0 fully saturated rings. The minimum absolute atomic E-state index is 0.00833. The summed E-state index contributed by atoms with van der Waals surface area (Å²) in [4.78, 5) is 25.9. The van der Waals surface area contributed by atoms with Gasteiger partial charge in [-0.05, 0) is 43.7 Å². The van der Waals surface area contributed by atoms with E-state index in [9.17, 15) is 9.59 Å². The molecular formula is C22H24N4O2. The highest BCUT2D eigenvalue weighted by Gasteiger charge is 2.12. The fourth-order valence-corrected chi connectivity index (χ4v) is 2.98. The number of nitrogens with zero attached hydrogens (tertiary/aromatic N) is 2. The van der Waals surface area contributed by atoms with Crippen LogP contribution in [-0.4, -0.2) is 46.5 Å². The van der Waals surface area contributed by atoms with E-state index in [2.05, 4.69) is 15.5 Å². The Morgan fingerprint density at radius 2 is 1.75 bits per heavy atom. The van der Waals surface area contributed by atoms with Crippen LogP contribution in [0.1, 0.15) is 35.5 Å². The molecule has 28 heavy (non-hydrogen) atoms. The number of aromatic amines is 1. The summed E-state index contributed by atoms with van der Waals surface area (Å²) < 4.78 is 0. The van der Waals surface area contributed by atoms with Crippen molar-refractivity contribution in [1.29, 1.82) is 0 Å². The molecular weight excluding hydrogens is 352 g/mol. The molecule has 3 rings (SSSR count). The van der Waals surface area contributed by atoms with E-state index >= 15 is 0 Å². The summed E-state index contributed by atoms with van der Waals surface area (Å²) in [6.07, 6.45) is 3.89. The first-order valence-electron chi connectivity index (χ1n) is 9.39. The second-order valence-electron chi connectivity index (χ2n) is 6.36. The average molecular weight is 376 g/mol. The van der Waals surface area contributed by atoms with E-state index in [4.69, 9.17) is 0 Å². The van der Waals surface area contributed by atoms with Gasteiger partial charge in [-0.1, -0.05) is 36.4 Å². The Bertz CT molecular complexity index is 985. The first-order chi connectivity index (χ1) is 13.6. The number of hydrogen-bond donors (Lipinski definition) is 2. The summed E-state index contributed by atoms with van der Waals surface area (Å²) in [7, 11) is 0. The third-order valence-electron chi connectivity index (χ3n) is 4.62. The number of para-hydroxylation sites is 1. The van der Waals surface area contributed by atoms with Crippen molar-refractivity contribution in [3.8, 4) is 0 Å². The molecule has 1 heterocycles. The summed E-state index contributed by atoms with van der Waals surface area (Å²) in [6.45, 7) is 5.12. The van der Waals surface area contributed by atoms with E-state index in [1.807, 2.05) is 62.4 Å². The number of nitrogens with one attached hydrogen (secondary N) is 2. The Balaban J connectivity index is 1.61. The van der Waals surface area contributed by atoms with Gasteiger partial charge < -0.3 is 10.2 Å². The summed E-state index contributed by atoms with van der Waals surface area (Å²) >= 11 is 0. The maximum Gasteiger partial charge on any atom is 0.251 e. The maximum atomic E-state index is 12.2. The van der Waals surface area contributed by atoms with Crippen LogP contribution in [0.3, 0.4) is 0 Å². The van der Waals surface area contributed by atoms with Gasteiger partial charge in [-0.3, -0.25) is 14.7 Å². The van der Waals surface area contributed by atoms with Gasteiger partial charge in [-0.2, -0.15) is 5.10 Å². The number of carbonyl (C=O) groups excluding carboxylic acids is 2. The summed E-state index contributed by atoms with van der Waals surface area (Å²) in [5.74, 6) is -0.335. The SMILES string of the molecule is CCN(CC)C(=O)CNC(=O)c1ccc(C=Cc2n[nH]c3ccccc23)cc1. The van der Waals surface area contributed by atoms with Gasteiger partial charge in [-0.25, -0.2) is 0 Å². The number of fused-ring (bicyclic) bond motifs is 1. The molecule has 0 radical (unpaired) electrons. The van der Waals surface area contributed by atoms with E-state index in [-0.39, 0.29) is 18.4 Å². The predicted octanol–water partition coefficient (Wildman–Crippen LogP) is 3.33. The number of likely N-dealkylation sites (N-methyl/N-ethyl adjacent to an activating group) is 1. The Labute approximate surface area is 164 Å². The minimum atomic E-state index is -0.255. The fraction of sp³-hybridized carbons (Fsp3) is 0.227. The normalized spacial score (nSPS) is 11.1. The van der Waals surface area contributed by atoms with E-state index in [0.29, 0.717) is 18.7 Å². The molecule has 6 nitrogen and oxygen atoms in total. The van der Waals surface area contributed by atoms with Crippen LogP contribution in [0.15, 0.2) is 48.5 Å². The highest BCUT2D eigenvalue weighted by Crippen LogP contribution is 2.17. The van der Waals surface area contributed by atoms with Gasteiger partial charge in [0.15, 0.2) is 0 Å². The van der Waals surface area contributed by atoms with Crippen LogP contribution in [0.5, 0.6) is 0 Å². The number of hydrogen-bond acceptors (Lipinski definition) is 3. The molecule has 2 N–H and O–H groups in total. The molecule has 0 aliphatic carbocycles. The molecule has 3 aromatic rings. The van der Waals surface area contributed by atoms with Crippen LogP contribution >= 0.6 is 0 Å². The van der Waals surface area contributed by atoms with Crippen LogP contribution in [0, 0.1) is 0 Å². The zero-order valence-corrected chi connectivity index (χ0v) is 16.1. The molecule has 2 amide bonds. The van der Waals surface area contributed by atoms with Gasteiger partial charge in [-0.15, -0.1) is 0 Å². The number of benzene rings is 2. The second kappa shape index (κ2) is 8.99. The highest BCUT2D eigenvalue weighted by molar-refractivity contribution is 5.96. The van der Waals surface area contributed by atoms with Crippen LogP contribution in [0.4, 0.5) is 0 Å². The van der Waals surface area contributed by atoms with Gasteiger partial charge >= 0.3 is 0 Å². The third-order valence-corrected chi connectivity index (χ3v) is 4.62. The zero-order chi connectivity index (χ0) is 19.9. The lowest BCUT2D eigenvalue weighted by molar-refractivity contribution is -0.129. The number of H-pyrrole nitrogens is 1. The maximum absolute atomic E-state index is 12.2. The van der Waals surface area contributed by atoms with Crippen LogP contribution < -0.4 is 5.32 Å². The number of rotatable bonds is 7. The van der Waals surface area contributed by atoms with Crippen molar-refractivity contribution in [2.75, 3.05) is 19.6 Å². The van der Waals surface area contributed by atoms with Crippen molar-refractivity contribution in [3.05, 3.63) is 65.4 Å². The van der Waals surface area contributed by atoms with Gasteiger partial charge in [0.25, 0.3) is 5.91 Å². The van der Waals surface area contributed by atoms with Crippen LogP contribution in [0.2, 0.25) is 0 Å². The minimum Gasteiger partial charge on any atom is -0.343 e. The summed E-state index contributed by atoms with van der Waals surface area (Å²) in [5.41, 5.74) is 3.35. The van der Waals surface area contributed by atoms with Gasteiger partial charge in [0.05, 0.1) is 17.8 Å². The van der Waals surface area contributed by atoms with E-state index in [0.717, 1.165) is 22.2 Å². The van der Waals surface area contributed by atoms with Crippen molar-refractivity contribution in [1.82, 2.24) is 20.4 Å². The topological polar surface area (TPSA) is 78.1 Å². The van der Waals surface area contributed by atoms with Crippen LogP contribution in [-0.2, 0) is 4.79 Å². The lowest BCUT2D eigenvalue weighted by Gasteiger charge is -2.18. The van der Waals surface area contributed by atoms with Crippen LogP contribution in [0.25, 0.3) is 23.1 Å². The third kappa shape index (κ3) is 4.46. The first-order valence-corrected chi connectivity index (χ1v) is 9.39. The van der Waals surface area contributed by atoms with E-state index in [1.54, 1.807) is 17.0 Å². The molecule has 0 saturated heterocycles. The molecule has 0 aliphatic heterocycles. The number of carbonyl (C=O) groups is 2. The molecule has 0 spiro atoms. The predicted molar refractivity (Wildman–Crippen MR) is 112 cm³/mol. The molecule has 0 bridgehead atoms. The van der Waals surface area contributed by atoms with E-state index in [1.165, 1.54) is 0 Å². The van der Waals surface area contributed by atoms with E-state index < -0.39 is 0 Å². The Hall–Kier alpha value is -3.41. The lowest BCUT2D eigenvalue weighted by Crippen LogP contribution is -2.39. The van der Waals surface area contributed by atoms with Crippen molar-refractivity contribution in [2.45, 2.75) is 13.8 Å². The number of amides is 2. The molecule has 0 saturated carbocycles. The van der Waals surface area contributed by atoms with Gasteiger partial charge in [0.2, 0.25) is 5.91 Å². The van der Waals surface area contributed by atoms with Crippen molar-refractivity contribution in [2.24, 2.45) is 0 Å². The van der Waals surface area contributed by atoms with Gasteiger partial charge in [0.1, 0.15) is 0 Å². The molecule has 144 valence electrons. The van der Waals surface area contributed by atoms with Crippen molar-refractivity contribution >= 4 is 34.9 Å². The zero-order valence-electron chi connectivity index (χ0n) is 16.1. The van der Waals surface area contributed by atoms with Crippen molar-refractivity contribution < 1.29 is 9.59 Å². The first kappa shape index (κ1) is 19.4. The smallest absolute Gasteiger partial charge is 0.251 e. The fourth-order valence-electron chi connectivity index (χ4n) is 2.98. The molecule has 6 heteroatoms. The monoisotopic (exact) mass is 376 g/mol. The Morgan fingerprint density at radius 1 is 1.04 bits per heavy atom. The highest BCUT2D eigenvalue weighted by atomic mass is 16.2. The molecule has 0 aliphatic rings. The summed E-state index contributed by atoms with van der Waals surface area (Å²) in [6, 6.07) is 15.2. The molecule has 2 aromatic carbocycles.